The molecule has 0 aliphatic rings. The first-order valence-electron chi connectivity index (χ1n) is 6.08. The Morgan fingerprint density at radius 3 is 2.47 bits per heavy atom. The van der Waals surface area contributed by atoms with Crippen LogP contribution in [0.4, 0.5) is 5.69 Å². The highest BCUT2D eigenvalue weighted by atomic mass is 16.5. The van der Waals surface area contributed by atoms with Crippen molar-refractivity contribution in [3.05, 3.63) is 35.5 Å². The molecule has 0 radical (unpaired) electrons. The van der Waals surface area contributed by atoms with Crippen LogP contribution in [0.1, 0.15) is 23.0 Å². The van der Waals surface area contributed by atoms with E-state index in [0.717, 1.165) is 22.7 Å². The topological polar surface area (TPSA) is 57.2 Å². The summed E-state index contributed by atoms with van der Waals surface area (Å²) in [5.74, 6) is 0.719. The molecular weight excluding hydrogens is 240 g/mol. The molecule has 100 valence electrons. The fourth-order valence-electron chi connectivity index (χ4n) is 2.44. The molecule has 1 aromatic carbocycles. The lowest BCUT2D eigenvalue weighted by atomic mass is 10.1. The molecular formula is C15H18N2O2. The molecule has 0 spiro atoms. The van der Waals surface area contributed by atoms with E-state index in [4.69, 9.17) is 10.5 Å². The van der Waals surface area contributed by atoms with Gasteiger partial charge in [0, 0.05) is 18.3 Å². The zero-order valence-corrected chi connectivity index (χ0v) is 11.7. The summed E-state index contributed by atoms with van der Waals surface area (Å²) in [6, 6.07) is 7.64. The summed E-state index contributed by atoms with van der Waals surface area (Å²) in [6.07, 6.45) is 0. The molecule has 0 saturated heterocycles. The highest BCUT2D eigenvalue weighted by Crippen LogP contribution is 2.37. The number of ketones is 1. The molecule has 0 saturated carbocycles. The zero-order chi connectivity index (χ0) is 14.2. The van der Waals surface area contributed by atoms with Gasteiger partial charge in [0.1, 0.15) is 5.75 Å². The Hall–Kier alpha value is -2.23. The van der Waals surface area contributed by atoms with Gasteiger partial charge in [0.25, 0.3) is 0 Å². The second-order valence-electron chi connectivity index (χ2n) is 4.54. The number of para-hydroxylation sites is 1. The van der Waals surface area contributed by atoms with Crippen LogP contribution in [0.15, 0.2) is 24.3 Å². The molecule has 19 heavy (non-hydrogen) atoms. The number of Topliss-reactive ketones (excluding diaryl/α,β-unsaturated/α-hetero) is 1. The van der Waals surface area contributed by atoms with Gasteiger partial charge >= 0.3 is 0 Å². The van der Waals surface area contributed by atoms with Crippen molar-refractivity contribution < 1.29 is 9.53 Å². The van der Waals surface area contributed by atoms with Crippen molar-refractivity contribution in [2.45, 2.75) is 13.8 Å². The number of rotatable bonds is 3. The van der Waals surface area contributed by atoms with E-state index < -0.39 is 0 Å². The van der Waals surface area contributed by atoms with Crippen LogP contribution in [-0.4, -0.2) is 17.5 Å². The number of carbonyl (C=O) groups excluding carboxylic acids is 1. The summed E-state index contributed by atoms with van der Waals surface area (Å²) in [7, 11) is 3.52. The molecule has 0 atom stereocenters. The van der Waals surface area contributed by atoms with E-state index in [1.165, 1.54) is 6.92 Å². The van der Waals surface area contributed by atoms with E-state index in [9.17, 15) is 4.79 Å². The van der Waals surface area contributed by atoms with E-state index in [1.54, 1.807) is 7.11 Å². The number of aromatic nitrogens is 1. The molecule has 4 heteroatoms. The average Bonchev–Trinajstić information content (AvgIpc) is 2.60. The largest absolute Gasteiger partial charge is 0.496 e. The third-order valence-corrected chi connectivity index (χ3v) is 3.44. The van der Waals surface area contributed by atoms with Crippen LogP contribution in [-0.2, 0) is 7.05 Å². The van der Waals surface area contributed by atoms with Crippen LogP contribution >= 0.6 is 0 Å². The minimum absolute atomic E-state index is 0.0215. The highest BCUT2D eigenvalue weighted by Gasteiger charge is 2.21. The number of anilines is 1. The molecule has 0 aliphatic carbocycles. The number of benzene rings is 1. The first-order valence-corrected chi connectivity index (χ1v) is 6.08. The lowest BCUT2D eigenvalue weighted by Gasteiger charge is -2.10. The Labute approximate surface area is 112 Å². The van der Waals surface area contributed by atoms with Crippen molar-refractivity contribution in [1.82, 2.24) is 4.57 Å². The van der Waals surface area contributed by atoms with Gasteiger partial charge in [-0.05, 0) is 26.0 Å². The molecule has 2 aromatic rings. The van der Waals surface area contributed by atoms with Crippen LogP contribution in [0.25, 0.3) is 11.3 Å². The van der Waals surface area contributed by atoms with Gasteiger partial charge in [0.05, 0.1) is 24.1 Å². The lowest BCUT2D eigenvalue weighted by Crippen LogP contribution is -1.98. The zero-order valence-electron chi connectivity index (χ0n) is 11.7. The number of nitrogens with zero attached hydrogens (tertiary/aromatic N) is 1. The lowest BCUT2D eigenvalue weighted by molar-refractivity contribution is 0.101. The maximum atomic E-state index is 11.7. The number of carbonyl (C=O) groups is 1. The summed E-state index contributed by atoms with van der Waals surface area (Å²) in [6.45, 7) is 3.43. The van der Waals surface area contributed by atoms with Gasteiger partial charge in [-0.25, -0.2) is 0 Å². The van der Waals surface area contributed by atoms with Crippen molar-refractivity contribution in [2.24, 2.45) is 7.05 Å². The van der Waals surface area contributed by atoms with Crippen LogP contribution in [0.5, 0.6) is 5.75 Å². The molecule has 4 nitrogen and oxygen atoms in total. The SMILES string of the molecule is COc1ccccc1-c1c(N)c(C(C)=O)c(C)n1C. The van der Waals surface area contributed by atoms with Gasteiger partial charge in [-0.1, -0.05) is 12.1 Å². The van der Waals surface area contributed by atoms with Gasteiger partial charge in [-0.15, -0.1) is 0 Å². The fraction of sp³-hybridized carbons (Fsp3) is 0.267. The molecule has 0 fully saturated rings. The van der Waals surface area contributed by atoms with Crippen LogP contribution in [0, 0.1) is 6.92 Å². The number of nitrogen functional groups attached to an aromatic ring is 1. The number of ether oxygens (including phenoxy) is 1. The Bertz CT molecular complexity index is 642. The minimum atomic E-state index is -0.0215. The molecule has 1 aromatic heterocycles. The van der Waals surface area contributed by atoms with Gasteiger partial charge in [-0.2, -0.15) is 0 Å². The van der Waals surface area contributed by atoms with E-state index >= 15 is 0 Å². The van der Waals surface area contributed by atoms with Gasteiger partial charge in [0.2, 0.25) is 0 Å². The van der Waals surface area contributed by atoms with Crippen molar-refractivity contribution in [1.29, 1.82) is 0 Å². The predicted octanol–water partition coefficient (Wildman–Crippen LogP) is 2.79. The van der Waals surface area contributed by atoms with Crippen molar-refractivity contribution in [3.8, 4) is 17.0 Å². The summed E-state index contributed by atoms with van der Waals surface area (Å²) < 4.78 is 7.30. The predicted molar refractivity (Wildman–Crippen MR) is 76.6 cm³/mol. The molecule has 0 unspecified atom stereocenters. The van der Waals surface area contributed by atoms with Crippen LogP contribution < -0.4 is 10.5 Å². The van der Waals surface area contributed by atoms with E-state index in [-0.39, 0.29) is 5.78 Å². The Morgan fingerprint density at radius 1 is 1.32 bits per heavy atom. The summed E-state index contributed by atoms with van der Waals surface area (Å²) in [4.78, 5) is 11.7. The Kier molecular flexibility index (Phi) is 3.34. The standard InChI is InChI=1S/C15H18N2O2/c1-9-13(10(2)18)14(16)15(17(9)3)11-7-5-6-8-12(11)19-4/h5-8H,16H2,1-4H3. The highest BCUT2D eigenvalue weighted by molar-refractivity contribution is 6.04. The monoisotopic (exact) mass is 258 g/mol. The van der Waals surface area contributed by atoms with E-state index in [0.29, 0.717) is 11.3 Å². The molecule has 1 heterocycles. The second-order valence-corrected chi connectivity index (χ2v) is 4.54. The third kappa shape index (κ3) is 1.99. The van der Waals surface area contributed by atoms with Gasteiger partial charge in [-0.3, -0.25) is 4.79 Å². The molecule has 2 N–H and O–H groups in total. The van der Waals surface area contributed by atoms with E-state index in [2.05, 4.69) is 0 Å². The molecule has 2 rings (SSSR count). The number of hydrogen-bond acceptors (Lipinski definition) is 3. The first kappa shape index (κ1) is 13.2. The van der Waals surface area contributed by atoms with Crippen molar-refractivity contribution in [2.75, 3.05) is 12.8 Å². The number of methoxy groups -OCH3 is 1. The van der Waals surface area contributed by atoms with Crippen LogP contribution in [0.2, 0.25) is 0 Å². The Morgan fingerprint density at radius 2 is 1.95 bits per heavy atom. The Balaban J connectivity index is 2.77. The smallest absolute Gasteiger partial charge is 0.163 e. The number of hydrogen-bond donors (Lipinski definition) is 1. The van der Waals surface area contributed by atoms with Crippen molar-refractivity contribution in [3.63, 3.8) is 0 Å². The normalized spacial score (nSPS) is 10.5. The van der Waals surface area contributed by atoms with Crippen LogP contribution in [0.3, 0.4) is 0 Å². The summed E-state index contributed by atoms with van der Waals surface area (Å²) in [5.41, 5.74) is 9.84. The third-order valence-electron chi connectivity index (χ3n) is 3.44. The van der Waals surface area contributed by atoms with E-state index in [1.807, 2.05) is 42.8 Å². The van der Waals surface area contributed by atoms with Crippen molar-refractivity contribution >= 4 is 11.5 Å². The van der Waals surface area contributed by atoms with Gasteiger partial charge in [0.15, 0.2) is 5.78 Å². The minimum Gasteiger partial charge on any atom is -0.496 e. The first-order chi connectivity index (χ1) is 8.99. The molecule has 0 bridgehead atoms. The quantitative estimate of drug-likeness (QED) is 0.861. The maximum absolute atomic E-state index is 11.7. The molecule has 0 aliphatic heterocycles. The molecule has 0 amide bonds. The van der Waals surface area contributed by atoms with Gasteiger partial charge < -0.3 is 15.0 Å². The number of nitrogens with two attached hydrogens (primary N) is 1. The second kappa shape index (κ2) is 4.80. The fourth-order valence-corrected chi connectivity index (χ4v) is 2.44. The average molecular weight is 258 g/mol. The maximum Gasteiger partial charge on any atom is 0.163 e. The summed E-state index contributed by atoms with van der Waals surface area (Å²) in [5, 5.41) is 0. The summed E-state index contributed by atoms with van der Waals surface area (Å²) >= 11 is 0.